The van der Waals surface area contributed by atoms with Crippen molar-refractivity contribution in [2.45, 2.75) is 12.4 Å². The second-order valence-corrected chi connectivity index (χ2v) is 3.62. The fraction of sp³-hybridized carbons (Fsp3) is 0.200. The van der Waals surface area contributed by atoms with Crippen LogP contribution < -0.4 is 0 Å². The summed E-state index contributed by atoms with van der Waals surface area (Å²) in [7, 11) is 0. The van der Waals surface area contributed by atoms with Gasteiger partial charge in [-0.05, 0) is 12.1 Å². The van der Waals surface area contributed by atoms with Crippen LogP contribution in [0.15, 0.2) is 12.1 Å². The molecule has 1 aliphatic rings. The lowest BCUT2D eigenvalue weighted by atomic mass is 9.98. The first-order valence-corrected chi connectivity index (χ1v) is 4.61. The first-order chi connectivity index (χ1) is 8.51. The zero-order valence-electron chi connectivity index (χ0n) is 8.65. The smallest absolute Gasteiger partial charge is 0.386 e. The van der Waals surface area contributed by atoms with E-state index in [4.69, 9.17) is 0 Å². The van der Waals surface area contributed by atoms with Gasteiger partial charge in [-0.15, -0.1) is 0 Å². The van der Waals surface area contributed by atoms with Gasteiger partial charge in [0.05, 0.1) is 22.3 Å². The normalized spacial score (nSPS) is 15.5. The van der Waals surface area contributed by atoms with Gasteiger partial charge in [-0.25, -0.2) is 9.59 Å². The maximum Gasteiger partial charge on any atom is 0.417 e. The highest BCUT2D eigenvalue weighted by atomic mass is 19.4. The number of halogens is 6. The molecular formula is C10H2F6O3. The lowest BCUT2D eigenvalue weighted by molar-refractivity contribution is -0.143. The number of benzene rings is 1. The number of cyclic esters (lactones) is 2. The monoisotopic (exact) mass is 284 g/mol. The molecule has 1 aromatic rings. The Bertz CT molecular complexity index is 584. The van der Waals surface area contributed by atoms with Gasteiger partial charge in [0.15, 0.2) is 0 Å². The highest BCUT2D eigenvalue weighted by Gasteiger charge is 2.45. The average Bonchev–Trinajstić information content (AvgIpc) is 2.51. The zero-order chi connectivity index (χ0) is 14.6. The van der Waals surface area contributed by atoms with Gasteiger partial charge in [-0.3, -0.25) is 0 Å². The average molecular weight is 284 g/mol. The van der Waals surface area contributed by atoms with Crippen LogP contribution in [0.5, 0.6) is 0 Å². The quantitative estimate of drug-likeness (QED) is 0.418. The van der Waals surface area contributed by atoms with E-state index in [2.05, 4.69) is 4.74 Å². The van der Waals surface area contributed by atoms with Crippen LogP contribution in [0, 0.1) is 0 Å². The zero-order valence-corrected chi connectivity index (χ0v) is 8.65. The maximum absolute atomic E-state index is 12.6. The molecule has 0 amide bonds. The summed E-state index contributed by atoms with van der Waals surface area (Å²) in [6.45, 7) is 0. The van der Waals surface area contributed by atoms with Crippen molar-refractivity contribution in [1.29, 1.82) is 0 Å². The molecule has 2 rings (SSSR count). The van der Waals surface area contributed by atoms with Crippen molar-refractivity contribution >= 4 is 11.9 Å². The Morgan fingerprint density at radius 2 is 1.42 bits per heavy atom. The Balaban J connectivity index is 2.80. The summed E-state index contributed by atoms with van der Waals surface area (Å²) < 4.78 is 79.1. The third-order valence-electron chi connectivity index (χ3n) is 2.38. The summed E-state index contributed by atoms with van der Waals surface area (Å²) >= 11 is 0. The van der Waals surface area contributed by atoms with Crippen molar-refractivity contribution in [3.63, 3.8) is 0 Å². The molecule has 3 nitrogen and oxygen atoms in total. The molecular weight excluding hydrogens is 282 g/mol. The lowest BCUT2D eigenvalue weighted by Gasteiger charge is -2.13. The van der Waals surface area contributed by atoms with Crippen LogP contribution in [0.25, 0.3) is 0 Å². The number of hydrogen-bond donors (Lipinski definition) is 0. The van der Waals surface area contributed by atoms with Crippen LogP contribution in [0.2, 0.25) is 0 Å². The fourth-order valence-corrected chi connectivity index (χ4v) is 1.60. The molecule has 0 aromatic heterocycles. The molecule has 19 heavy (non-hydrogen) atoms. The van der Waals surface area contributed by atoms with Crippen molar-refractivity contribution in [3.05, 3.63) is 34.4 Å². The molecule has 9 heteroatoms. The van der Waals surface area contributed by atoms with Gasteiger partial charge in [-0.2, -0.15) is 26.3 Å². The molecule has 0 saturated heterocycles. The molecule has 1 heterocycles. The van der Waals surface area contributed by atoms with E-state index in [9.17, 15) is 35.9 Å². The third kappa shape index (κ3) is 2.15. The molecule has 102 valence electrons. The van der Waals surface area contributed by atoms with Gasteiger partial charge < -0.3 is 4.74 Å². The van der Waals surface area contributed by atoms with Crippen LogP contribution in [0.4, 0.5) is 26.3 Å². The Labute approximate surface area is 100 Å². The second-order valence-electron chi connectivity index (χ2n) is 3.62. The Hall–Kier alpha value is -2.06. The van der Waals surface area contributed by atoms with Gasteiger partial charge in [0.1, 0.15) is 0 Å². The molecule has 0 N–H and O–H groups in total. The summed E-state index contributed by atoms with van der Waals surface area (Å²) in [5.74, 6) is -3.14. The first-order valence-electron chi connectivity index (χ1n) is 4.61. The van der Waals surface area contributed by atoms with E-state index in [-0.39, 0.29) is 12.1 Å². The minimum atomic E-state index is -5.21. The first kappa shape index (κ1) is 13.4. The van der Waals surface area contributed by atoms with Crippen LogP contribution in [0.1, 0.15) is 31.8 Å². The number of esters is 2. The minimum Gasteiger partial charge on any atom is -0.386 e. The summed E-state index contributed by atoms with van der Waals surface area (Å²) in [6.07, 6.45) is -10.3. The third-order valence-corrected chi connectivity index (χ3v) is 2.38. The number of rotatable bonds is 0. The molecule has 1 aliphatic heterocycles. The molecule has 1 aromatic carbocycles. The molecule has 0 aliphatic carbocycles. The number of carbonyl (C=O) groups excluding carboxylic acids is 2. The number of alkyl halides is 6. The van der Waals surface area contributed by atoms with E-state index < -0.39 is 46.5 Å². The van der Waals surface area contributed by atoms with Crippen LogP contribution in [-0.4, -0.2) is 11.9 Å². The van der Waals surface area contributed by atoms with E-state index >= 15 is 0 Å². The van der Waals surface area contributed by atoms with Crippen molar-refractivity contribution in [1.82, 2.24) is 0 Å². The van der Waals surface area contributed by atoms with Gasteiger partial charge in [0, 0.05) is 0 Å². The van der Waals surface area contributed by atoms with Crippen LogP contribution >= 0.6 is 0 Å². The van der Waals surface area contributed by atoms with Gasteiger partial charge in [-0.1, -0.05) is 0 Å². The van der Waals surface area contributed by atoms with Crippen LogP contribution in [0.3, 0.4) is 0 Å². The predicted molar refractivity (Wildman–Crippen MR) is 46.2 cm³/mol. The van der Waals surface area contributed by atoms with Gasteiger partial charge >= 0.3 is 24.3 Å². The Kier molecular flexibility index (Phi) is 2.62. The van der Waals surface area contributed by atoms with E-state index in [0.29, 0.717) is 0 Å². The largest absolute Gasteiger partial charge is 0.417 e. The highest BCUT2D eigenvalue weighted by molar-refractivity contribution is 6.15. The fourth-order valence-electron chi connectivity index (χ4n) is 1.60. The van der Waals surface area contributed by atoms with Crippen LogP contribution in [-0.2, 0) is 17.1 Å². The number of hydrogen-bond acceptors (Lipinski definition) is 3. The molecule has 0 radical (unpaired) electrons. The van der Waals surface area contributed by atoms with Crippen molar-refractivity contribution in [3.8, 4) is 0 Å². The minimum absolute atomic E-state index is 0.164. The lowest BCUT2D eigenvalue weighted by Crippen LogP contribution is -2.15. The van der Waals surface area contributed by atoms with E-state index in [0.717, 1.165) is 0 Å². The summed E-state index contributed by atoms with van der Waals surface area (Å²) in [5.41, 5.74) is -5.74. The van der Waals surface area contributed by atoms with Crippen molar-refractivity contribution < 1.29 is 40.7 Å². The summed E-state index contributed by atoms with van der Waals surface area (Å²) in [6, 6.07) is -0.0590. The molecule has 0 unspecified atom stereocenters. The SMILES string of the molecule is O=C1OC(=O)c2c1cc(C(F)(F)F)cc2C(F)(F)F. The molecule has 0 spiro atoms. The van der Waals surface area contributed by atoms with Crippen molar-refractivity contribution in [2.24, 2.45) is 0 Å². The summed E-state index contributed by atoms with van der Waals surface area (Å²) in [4.78, 5) is 22.1. The standard InChI is InChI=1S/C10H2F6O3/c11-9(12,13)3-1-4-6(8(18)19-7(4)17)5(2-3)10(14,15)16/h1-2H. The second kappa shape index (κ2) is 3.72. The van der Waals surface area contributed by atoms with E-state index in [1.807, 2.05) is 0 Å². The molecule has 0 saturated carbocycles. The Morgan fingerprint density at radius 1 is 0.842 bits per heavy atom. The van der Waals surface area contributed by atoms with Gasteiger partial charge in [0.25, 0.3) is 0 Å². The number of fused-ring (bicyclic) bond motifs is 1. The molecule has 0 fully saturated rings. The predicted octanol–water partition coefficient (Wildman–Crippen LogP) is 3.03. The summed E-state index contributed by atoms with van der Waals surface area (Å²) in [5, 5.41) is 0. The molecule has 0 bridgehead atoms. The highest BCUT2D eigenvalue weighted by Crippen LogP contribution is 2.40. The van der Waals surface area contributed by atoms with Crippen molar-refractivity contribution in [2.75, 3.05) is 0 Å². The topological polar surface area (TPSA) is 43.4 Å². The number of carbonyl (C=O) groups is 2. The molecule has 0 atom stereocenters. The Morgan fingerprint density at radius 3 is 1.89 bits per heavy atom. The van der Waals surface area contributed by atoms with Gasteiger partial charge in [0.2, 0.25) is 0 Å². The maximum atomic E-state index is 12.6. The van der Waals surface area contributed by atoms with E-state index in [1.165, 1.54) is 0 Å². The number of ether oxygens (including phenoxy) is 1. The van der Waals surface area contributed by atoms with E-state index in [1.54, 1.807) is 0 Å².